The smallest absolute Gasteiger partial charge is 0.0624 e. The Kier molecular flexibility index (Phi) is 6.58. The fraction of sp³-hybridized carbons (Fsp3) is 0.125. The summed E-state index contributed by atoms with van der Waals surface area (Å²) in [6.07, 6.45) is 0. The van der Waals surface area contributed by atoms with Crippen LogP contribution in [0.2, 0.25) is 0 Å². The van der Waals surface area contributed by atoms with E-state index in [4.69, 9.17) is 0 Å². The third-order valence-corrected chi connectivity index (χ3v) is 11.1. The molecule has 0 unspecified atom stereocenters. The van der Waals surface area contributed by atoms with Crippen molar-refractivity contribution < 1.29 is 0 Å². The molecule has 0 N–H and O–H groups in total. The lowest BCUT2D eigenvalue weighted by molar-refractivity contribution is 0.639. The van der Waals surface area contributed by atoms with Gasteiger partial charge in [-0.3, -0.25) is 0 Å². The highest BCUT2D eigenvalue weighted by atomic mass is 15.1. The molecule has 236 valence electrons. The molecular formula is C48H39N. The predicted octanol–water partition coefficient (Wildman–Crippen LogP) is 13.1. The zero-order valence-corrected chi connectivity index (χ0v) is 28.5. The SMILES string of the molecule is CC1(C)c2ccccc2-c2c1cc1c(c2N(c2ccccc2)c2ccc(-c3ccccc3)cc2)-c2ccc(-c3ccccc3)cc2C1(C)C. The van der Waals surface area contributed by atoms with Crippen LogP contribution in [0.3, 0.4) is 0 Å². The molecule has 0 saturated heterocycles. The van der Waals surface area contributed by atoms with Crippen LogP contribution < -0.4 is 4.90 Å². The Morgan fingerprint density at radius 1 is 0.347 bits per heavy atom. The minimum Gasteiger partial charge on any atom is -0.309 e. The van der Waals surface area contributed by atoms with Crippen LogP contribution in [0.1, 0.15) is 49.9 Å². The molecule has 1 heteroatoms. The fourth-order valence-corrected chi connectivity index (χ4v) is 8.47. The molecule has 1 nitrogen and oxygen atoms in total. The van der Waals surface area contributed by atoms with Gasteiger partial charge in [-0.05, 0) is 86.0 Å². The Balaban J connectivity index is 1.37. The first-order valence-corrected chi connectivity index (χ1v) is 17.4. The van der Waals surface area contributed by atoms with Crippen molar-refractivity contribution in [1.29, 1.82) is 0 Å². The average Bonchev–Trinajstić information content (AvgIpc) is 3.52. The molecule has 9 rings (SSSR count). The van der Waals surface area contributed by atoms with Gasteiger partial charge in [0.2, 0.25) is 0 Å². The third-order valence-electron chi connectivity index (χ3n) is 11.1. The number of fused-ring (bicyclic) bond motifs is 6. The Morgan fingerprint density at radius 3 is 1.43 bits per heavy atom. The first-order chi connectivity index (χ1) is 23.8. The predicted molar refractivity (Wildman–Crippen MR) is 207 cm³/mol. The molecule has 0 amide bonds. The van der Waals surface area contributed by atoms with Gasteiger partial charge in [0.25, 0.3) is 0 Å². The van der Waals surface area contributed by atoms with E-state index in [0.717, 1.165) is 11.4 Å². The van der Waals surface area contributed by atoms with Crippen LogP contribution in [0.5, 0.6) is 0 Å². The number of hydrogen-bond acceptors (Lipinski definition) is 1. The molecule has 2 aliphatic rings. The van der Waals surface area contributed by atoms with E-state index in [1.165, 1.54) is 72.4 Å². The second-order valence-electron chi connectivity index (χ2n) is 14.6. The standard InChI is InChI=1S/C48H39N/c1-47(2)40-23-15-14-22-38(40)44-42(47)31-43-45(39-29-26-35(30-41(39)48(43,3)4)33-18-10-6-11-19-33)46(44)49(36-20-12-7-13-21-36)37-27-24-34(25-28-37)32-16-8-5-9-17-32/h5-31H,1-4H3. The van der Waals surface area contributed by atoms with Gasteiger partial charge in [0, 0.05) is 33.3 Å². The number of anilines is 3. The van der Waals surface area contributed by atoms with Crippen LogP contribution in [0, 0.1) is 0 Å². The van der Waals surface area contributed by atoms with Crippen molar-refractivity contribution in [1.82, 2.24) is 0 Å². The topological polar surface area (TPSA) is 3.24 Å². The Morgan fingerprint density at radius 2 is 0.796 bits per heavy atom. The Hall–Kier alpha value is -5.66. The second-order valence-corrected chi connectivity index (χ2v) is 14.6. The van der Waals surface area contributed by atoms with E-state index < -0.39 is 0 Å². The van der Waals surface area contributed by atoms with Crippen LogP contribution in [-0.2, 0) is 10.8 Å². The van der Waals surface area contributed by atoms with Gasteiger partial charge in [0.05, 0.1) is 5.69 Å². The van der Waals surface area contributed by atoms with Gasteiger partial charge in [-0.15, -0.1) is 0 Å². The summed E-state index contributed by atoms with van der Waals surface area (Å²) in [7, 11) is 0. The highest BCUT2D eigenvalue weighted by Gasteiger charge is 2.45. The van der Waals surface area contributed by atoms with Crippen LogP contribution in [0.4, 0.5) is 17.1 Å². The van der Waals surface area contributed by atoms with Crippen molar-refractivity contribution in [2.75, 3.05) is 4.90 Å². The molecule has 0 spiro atoms. The number of benzene rings is 7. The maximum absolute atomic E-state index is 2.55. The fourth-order valence-electron chi connectivity index (χ4n) is 8.47. The lowest BCUT2D eigenvalue weighted by Crippen LogP contribution is -2.20. The summed E-state index contributed by atoms with van der Waals surface area (Å²) in [5.74, 6) is 0. The molecule has 7 aromatic rings. The summed E-state index contributed by atoms with van der Waals surface area (Å²) < 4.78 is 0. The molecule has 7 aromatic carbocycles. The van der Waals surface area contributed by atoms with Crippen molar-refractivity contribution in [3.63, 3.8) is 0 Å². The number of para-hydroxylation sites is 1. The number of rotatable bonds is 5. The van der Waals surface area contributed by atoms with Gasteiger partial charge in [-0.1, -0.05) is 161 Å². The summed E-state index contributed by atoms with van der Waals surface area (Å²) in [5, 5.41) is 0. The molecule has 0 heterocycles. The molecule has 0 aromatic heterocycles. The zero-order chi connectivity index (χ0) is 33.3. The first kappa shape index (κ1) is 29.5. The molecule has 0 atom stereocenters. The monoisotopic (exact) mass is 629 g/mol. The number of hydrogen-bond donors (Lipinski definition) is 0. The Labute approximate surface area is 290 Å². The van der Waals surface area contributed by atoms with Crippen molar-refractivity contribution in [2.24, 2.45) is 0 Å². The van der Waals surface area contributed by atoms with Crippen LogP contribution in [0.25, 0.3) is 44.5 Å². The van der Waals surface area contributed by atoms with Crippen molar-refractivity contribution in [2.45, 2.75) is 38.5 Å². The van der Waals surface area contributed by atoms with Gasteiger partial charge in [-0.25, -0.2) is 0 Å². The van der Waals surface area contributed by atoms with E-state index in [2.05, 4.69) is 196 Å². The largest absolute Gasteiger partial charge is 0.309 e. The lowest BCUT2D eigenvalue weighted by atomic mass is 9.77. The summed E-state index contributed by atoms with van der Waals surface area (Å²) in [6.45, 7) is 9.63. The highest BCUT2D eigenvalue weighted by molar-refractivity contribution is 6.06. The molecule has 0 radical (unpaired) electrons. The van der Waals surface area contributed by atoms with E-state index in [9.17, 15) is 0 Å². The summed E-state index contributed by atoms with van der Waals surface area (Å²) in [6, 6.07) is 60.3. The van der Waals surface area contributed by atoms with Crippen LogP contribution >= 0.6 is 0 Å². The summed E-state index contributed by atoms with van der Waals surface area (Å²) in [5.41, 5.74) is 19.1. The van der Waals surface area contributed by atoms with E-state index >= 15 is 0 Å². The lowest BCUT2D eigenvalue weighted by Gasteiger charge is -2.33. The van der Waals surface area contributed by atoms with Crippen LogP contribution in [0.15, 0.2) is 164 Å². The highest BCUT2D eigenvalue weighted by Crippen LogP contribution is 2.62. The normalized spacial score (nSPS) is 14.4. The average molecular weight is 630 g/mol. The van der Waals surface area contributed by atoms with Gasteiger partial charge >= 0.3 is 0 Å². The molecule has 0 aliphatic heterocycles. The maximum Gasteiger partial charge on any atom is 0.0624 e. The molecular weight excluding hydrogens is 591 g/mol. The van der Waals surface area contributed by atoms with Gasteiger partial charge < -0.3 is 4.90 Å². The first-order valence-electron chi connectivity index (χ1n) is 17.4. The molecule has 2 aliphatic carbocycles. The van der Waals surface area contributed by atoms with Gasteiger partial charge in [0.15, 0.2) is 0 Å². The minimum absolute atomic E-state index is 0.144. The van der Waals surface area contributed by atoms with E-state index in [0.29, 0.717) is 0 Å². The minimum atomic E-state index is -0.191. The molecule has 0 bridgehead atoms. The molecule has 0 saturated carbocycles. The van der Waals surface area contributed by atoms with E-state index in [1.807, 2.05) is 0 Å². The van der Waals surface area contributed by atoms with Crippen molar-refractivity contribution >= 4 is 17.1 Å². The Bertz CT molecular complexity index is 2350. The van der Waals surface area contributed by atoms with Crippen molar-refractivity contribution in [3.05, 3.63) is 186 Å². The van der Waals surface area contributed by atoms with Gasteiger partial charge in [-0.2, -0.15) is 0 Å². The number of nitrogens with zero attached hydrogens (tertiary/aromatic N) is 1. The summed E-state index contributed by atoms with van der Waals surface area (Å²) >= 11 is 0. The third kappa shape index (κ3) is 4.46. The van der Waals surface area contributed by atoms with E-state index in [1.54, 1.807) is 0 Å². The molecule has 49 heavy (non-hydrogen) atoms. The van der Waals surface area contributed by atoms with Crippen LogP contribution in [-0.4, -0.2) is 0 Å². The second kappa shape index (κ2) is 10.9. The van der Waals surface area contributed by atoms with Crippen molar-refractivity contribution in [3.8, 4) is 44.5 Å². The summed E-state index contributed by atoms with van der Waals surface area (Å²) in [4.78, 5) is 2.53. The molecule has 0 fully saturated rings. The van der Waals surface area contributed by atoms with E-state index in [-0.39, 0.29) is 10.8 Å². The van der Waals surface area contributed by atoms with Gasteiger partial charge in [0.1, 0.15) is 0 Å². The quantitative estimate of drug-likeness (QED) is 0.183. The zero-order valence-electron chi connectivity index (χ0n) is 28.5. The maximum atomic E-state index is 2.55.